The summed E-state index contributed by atoms with van der Waals surface area (Å²) in [5.74, 6) is 0.133. The lowest BCUT2D eigenvalue weighted by Crippen LogP contribution is -2.26. The van der Waals surface area contributed by atoms with Crippen molar-refractivity contribution in [3.63, 3.8) is 0 Å². The number of methoxy groups -OCH3 is 1. The number of nitrogens with one attached hydrogen (secondary N) is 1. The van der Waals surface area contributed by atoms with Gasteiger partial charge in [0.15, 0.2) is 0 Å². The zero-order chi connectivity index (χ0) is 8.91. The quantitative estimate of drug-likeness (QED) is 0.653. The molecule has 0 heterocycles. The van der Waals surface area contributed by atoms with Crippen molar-refractivity contribution in [2.24, 2.45) is 5.92 Å². The molecule has 0 spiro atoms. The summed E-state index contributed by atoms with van der Waals surface area (Å²) in [6.45, 7) is 2.68. The van der Waals surface area contributed by atoms with Crippen molar-refractivity contribution in [2.75, 3.05) is 20.3 Å². The van der Waals surface area contributed by atoms with Crippen LogP contribution in [0.25, 0.3) is 0 Å². The summed E-state index contributed by atoms with van der Waals surface area (Å²) < 4.78 is 27.7. The molecule has 0 bridgehead atoms. The van der Waals surface area contributed by atoms with E-state index >= 15 is 0 Å². The molecule has 1 N–H and O–H groups in total. The van der Waals surface area contributed by atoms with Crippen LogP contribution in [0.2, 0.25) is 0 Å². The first kappa shape index (κ1) is 11.2. The third kappa shape index (κ3) is 8.06. The van der Waals surface area contributed by atoms with Gasteiger partial charge >= 0.3 is 0 Å². The normalized spacial score (nSPS) is 14.8. The van der Waals surface area contributed by atoms with Crippen LogP contribution in [0.3, 0.4) is 0 Å². The monoisotopic (exact) mass is 201 g/mol. The van der Waals surface area contributed by atoms with Crippen LogP contribution in [0, 0.1) is 5.92 Å². The Kier molecular flexibility index (Phi) is 4.99. The van der Waals surface area contributed by atoms with Crippen molar-refractivity contribution >= 4 is 19.9 Å². The molecular weight excluding hydrogens is 190 g/mol. The highest BCUT2D eigenvalue weighted by Gasteiger charge is 2.06. The summed E-state index contributed by atoms with van der Waals surface area (Å²) in [5, 5.41) is 0. The molecule has 0 rings (SSSR count). The minimum Gasteiger partial charge on any atom is -0.384 e. The van der Waals surface area contributed by atoms with Gasteiger partial charge in [-0.25, -0.2) is 4.72 Å². The molecule has 0 aliphatic rings. The molecule has 11 heavy (non-hydrogen) atoms. The zero-order valence-corrected chi connectivity index (χ0v) is 8.07. The number of ether oxygens (including phenoxy) is 1. The minimum absolute atomic E-state index is 0.133. The number of hydrogen-bond acceptors (Lipinski definition) is 3. The van der Waals surface area contributed by atoms with Crippen LogP contribution >= 0.6 is 10.7 Å². The molecule has 0 saturated carbocycles. The first-order valence-electron chi connectivity index (χ1n) is 3.14. The third-order valence-electron chi connectivity index (χ3n) is 1.06. The molecule has 4 nitrogen and oxygen atoms in total. The second-order valence-corrected chi connectivity index (χ2v) is 4.73. The second-order valence-electron chi connectivity index (χ2n) is 2.35. The third-order valence-corrected chi connectivity index (χ3v) is 1.89. The van der Waals surface area contributed by atoms with Gasteiger partial charge < -0.3 is 4.74 Å². The van der Waals surface area contributed by atoms with Gasteiger partial charge in [0.25, 0.3) is 9.24 Å². The van der Waals surface area contributed by atoms with Crippen LogP contribution in [0.1, 0.15) is 6.92 Å². The van der Waals surface area contributed by atoms with E-state index in [0.29, 0.717) is 13.2 Å². The van der Waals surface area contributed by atoms with Gasteiger partial charge in [0.1, 0.15) is 0 Å². The van der Waals surface area contributed by atoms with Crippen molar-refractivity contribution in [1.29, 1.82) is 0 Å². The fourth-order valence-electron chi connectivity index (χ4n) is 0.585. The van der Waals surface area contributed by atoms with E-state index in [-0.39, 0.29) is 5.92 Å². The highest BCUT2D eigenvalue weighted by Crippen LogP contribution is 1.96. The number of rotatable bonds is 5. The van der Waals surface area contributed by atoms with Crippen LogP contribution < -0.4 is 4.72 Å². The van der Waals surface area contributed by atoms with E-state index in [1.165, 1.54) is 0 Å². The molecule has 0 amide bonds. The van der Waals surface area contributed by atoms with Crippen LogP contribution in [0.5, 0.6) is 0 Å². The Bertz CT molecular complexity index is 192. The summed E-state index contributed by atoms with van der Waals surface area (Å²) >= 11 is 0. The molecule has 0 fully saturated rings. The van der Waals surface area contributed by atoms with Gasteiger partial charge in [0.2, 0.25) is 0 Å². The van der Waals surface area contributed by atoms with Crippen molar-refractivity contribution in [3.05, 3.63) is 0 Å². The van der Waals surface area contributed by atoms with Gasteiger partial charge in [-0.2, -0.15) is 8.42 Å². The molecule has 0 aliphatic carbocycles. The summed E-state index contributed by atoms with van der Waals surface area (Å²) in [6, 6.07) is 0. The minimum atomic E-state index is -3.57. The maximum atomic E-state index is 10.4. The van der Waals surface area contributed by atoms with E-state index in [1.807, 2.05) is 6.92 Å². The van der Waals surface area contributed by atoms with Crippen molar-refractivity contribution in [3.8, 4) is 0 Å². The molecule has 0 radical (unpaired) electrons. The van der Waals surface area contributed by atoms with Crippen LogP contribution in [-0.2, 0) is 14.0 Å². The molecule has 0 aromatic heterocycles. The predicted molar refractivity (Wildman–Crippen MR) is 43.8 cm³/mol. The Morgan fingerprint density at radius 2 is 2.18 bits per heavy atom. The Labute approximate surface area is 71.4 Å². The molecule has 1 atom stereocenters. The second kappa shape index (κ2) is 4.92. The van der Waals surface area contributed by atoms with Gasteiger partial charge in [-0.1, -0.05) is 6.92 Å². The highest BCUT2D eigenvalue weighted by atomic mass is 35.7. The molecule has 0 aromatic carbocycles. The Balaban J connectivity index is 3.54. The zero-order valence-electron chi connectivity index (χ0n) is 6.50. The fraction of sp³-hybridized carbons (Fsp3) is 1.00. The average molecular weight is 202 g/mol. The maximum absolute atomic E-state index is 10.4. The van der Waals surface area contributed by atoms with Crippen molar-refractivity contribution < 1.29 is 13.2 Å². The van der Waals surface area contributed by atoms with Crippen LogP contribution in [0.4, 0.5) is 0 Å². The lowest BCUT2D eigenvalue weighted by Gasteiger charge is -2.08. The first-order chi connectivity index (χ1) is 4.95. The van der Waals surface area contributed by atoms with Gasteiger partial charge in [-0.05, 0) is 5.92 Å². The fourth-order valence-corrected chi connectivity index (χ4v) is 1.26. The lowest BCUT2D eigenvalue weighted by molar-refractivity contribution is 0.161. The Morgan fingerprint density at radius 3 is 2.55 bits per heavy atom. The summed E-state index contributed by atoms with van der Waals surface area (Å²) in [7, 11) is 2.89. The maximum Gasteiger partial charge on any atom is 0.297 e. The Hall–Kier alpha value is 0.160. The van der Waals surface area contributed by atoms with E-state index in [4.69, 9.17) is 15.4 Å². The molecule has 1 unspecified atom stereocenters. The number of halogens is 1. The average Bonchev–Trinajstić information content (AvgIpc) is 1.83. The summed E-state index contributed by atoms with van der Waals surface area (Å²) in [5.41, 5.74) is 0. The van der Waals surface area contributed by atoms with E-state index in [1.54, 1.807) is 7.11 Å². The Morgan fingerprint density at radius 1 is 1.64 bits per heavy atom. The lowest BCUT2D eigenvalue weighted by atomic mass is 10.2. The summed E-state index contributed by atoms with van der Waals surface area (Å²) in [4.78, 5) is 0. The standard InChI is InChI=1S/C5H12ClNO3S/c1-5(4-10-2)3-7-11(6,8)9/h5,7H,3-4H2,1-2H3. The molecule has 0 aliphatic heterocycles. The van der Waals surface area contributed by atoms with E-state index in [0.717, 1.165) is 0 Å². The summed E-state index contributed by atoms with van der Waals surface area (Å²) in [6.07, 6.45) is 0. The van der Waals surface area contributed by atoms with Crippen LogP contribution in [0.15, 0.2) is 0 Å². The van der Waals surface area contributed by atoms with Crippen molar-refractivity contribution in [2.45, 2.75) is 6.92 Å². The van der Waals surface area contributed by atoms with Crippen molar-refractivity contribution in [1.82, 2.24) is 4.72 Å². The van der Waals surface area contributed by atoms with Gasteiger partial charge in [0.05, 0.1) is 0 Å². The highest BCUT2D eigenvalue weighted by molar-refractivity contribution is 8.12. The van der Waals surface area contributed by atoms with Crippen LogP contribution in [-0.4, -0.2) is 28.7 Å². The first-order valence-corrected chi connectivity index (χ1v) is 5.45. The molecule has 0 aromatic rings. The molecular formula is C5H12ClNO3S. The van der Waals surface area contributed by atoms with Gasteiger partial charge in [-0.3, -0.25) is 0 Å². The van der Waals surface area contributed by atoms with E-state index in [9.17, 15) is 8.42 Å². The topological polar surface area (TPSA) is 55.4 Å². The van der Waals surface area contributed by atoms with Gasteiger partial charge in [-0.15, -0.1) is 0 Å². The predicted octanol–water partition coefficient (Wildman–Crippen LogP) is 0.342. The van der Waals surface area contributed by atoms with E-state index in [2.05, 4.69) is 4.72 Å². The smallest absolute Gasteiger partial charge is 0.297 e. The molecule has 0 saturated heterocycles. The largest absolute Gasteiger partial charge is 0.384 e. The number of hydrogen-bond donors (Lipinski definition) is 1. The molecule has 68 valence electrons. The molecule has 6 heteroatoms. The SMILES string of the molecule is COCC(C)CNS(=O)(=O)Cl. The van der Waals surface area contributed by atoms with Gasteiger partial charge in [0, 0.05) is 30.9 Å². The van der Waals surface area contributed by atoms with E-state index < -0.39 is 9.24 Å².